The number of primary amides is 1. The standard InChI is InChI=1S/C19H26N6O2/c1-2-21-19(22-9-12-25-10-3-4-11-25)24-13-15-5-7-16(8-6-15)18(27)23-14-17(20)26/h3-8,10-11H,2,9,12-14H2,1H3,(H2,20,26)(H,23,27)(H2,21,22,24). The topological polar surface area (TPSA) is 114 Å². The lowest BCUT2D eigenvalue weighted by molar-refractivity contribution is -0.117. The van der Waals surface area contributed by atoms with Gasteiger partial charge in [-0.1, -0.05) is 12.1 Å². The number of aromatic nitrogens is 1. The molecule has 0 fully saturated rings. The van der Waals surface area contributed by atoms with Crippen molar-refractivity contribution in [1.82, 2.24) is 20.5 Å². The van der Waals surface area contributed by atoms with Crippen molar-refractivity contribution in [3.05, 3.63) is 59.9 Å². The first kappa shape index (κ1) is 20.0. The lowest BCUT2D eigenvalue weighted by atomic mass is 10.1. The van der Waals surface area contributed by atoms with E-state index in [0.717, 1.165) is 31.2 Å². The first-order chi connectivity index (χ1) is 13.1. The van der Waals surface area contributed by atoms with Gasteiger partial charge in [-0.3, -0.25) is 9.59 Å². The highest BCUT2D eigenvalue weighted by Crippen LogP contribution is 2.06. The summed E-state index contributed by atoms with van der Waals surface area (Å²) in [5.41, 5.74) is 6.46. The smallest absolute Gasteiger partial charge is 0.251 e. The highest BCUT2D eigenvalue weighted by atomic mass is 16.2. The number of nitrogens with two attached hydrogens (primary N) is 1. The Balaban J connectivity index is 1.86. The van der Waals surface area contributed by atoms with Gasteiger partial charge < -0.3 is 26.3 Å². The van der Waals surface area contributed by atoms with Crippen LogP contribution >= 0.6 is 0 Å². The number of carbonyl (C=O) groups excluding carboxylic acids is 2. The van der Waals surface area contributed by atoms with Crippen molar-refractivity contribution in [2.45, 2.75) is 20.0 Å². The number of hydrogen-bond acceptors (Lipinski definition) is 3. The molecule has 1 heterocycles. The maximum absolute atomic E-state index is 11.9. The minimum atomic E-state index is -0.575. The predicted octanol–water partition coefficient (Wildman–Crippen LogP) is 0.459. The summed E-state index contributed by atoms with van der Waals surface area (Å²) in [6.07, 6.45) is 4.04. The van der Waals surface area contributed by atoms with Gasteiger partial charge in [0.2, 0.25) is 5.91 Å². The average molecular weight is 370 g/mol. The Labute approximate surface area is 158 Å². The second-order valence-corrected chi connectivity index (χ2v) is 5.89. The molecule has 0 aliphatic heterocycles. The van der Waals surface area contributed by atoms with Crippen LogP contribution in [0.5, 0.6) is 0 Å². The van der Waals surface area contributed by atoms with Crippen LogP contribution in [-0.4, -0.2) is 42.0 Å². The van der Waals surface area contributed by atoms with E-state index in [0.29, 0.717) is 12.1 Å². The lowest BCUT2D eigenvalue weighted by Gasteiger charge is -2.12. The molecular weight excluding hydrogens is 344 g/mol. The van der Waals surface area contributed by atoms with Gasteiger partial charge in [0, 0.05) is 37.6 Å². The number of guanidine groups is 1. The summed E-state index contributed by atoms with van der Waals surface area (Å²) in [5.74, 6) is -0.161. The van der Waals surface area contributed by atoms with E-state index in [4.69, 9.17) is 5.73 Å². The highest BCUT2D eigenvalue weighted by Gasteiger charge is 2.06. The fourth-order valence-corrected chi connectivity index (χ4v) is 2.37. The molecule has 2 rings (SSSR count). The van der Waals surface area contributed by atoms with Gasteiger partial charge in [-0.25, -0.2) is 4.99 Å². The van der Waals surface area contributed by atoms with Crippen molar-refractivity contribution in [2.75, 3.05) is 19.6 Å². The van der Waals surface area contributed by atoms with Crippen molar-refractivity contribution in [2.24, 2.45) is 10.7 Å². The summed E-state index contributed by atoms with van der Waals surface area (Å²) in [6, 6.07) is 11.1. The van der Waals surface area contributed by atoms with Crippen LogP contribution < -0.4 is 21.7 Å². The van der Waals surface area contributed by atoms with Crippen molar-refractivity contribution in [1.29, 1.82) is 0 Å². The summed E-state index contributed by atoms with van der Waals surface area (Å²) in [7, 11) is 0. The van der Waals surface area contributed by atoms with Gasteiger partial charge in [-0.05, 0) is 36.8 Å². The Hall–Kier alpha value is -3.29. The Morgan fingerprint density at radius 3 is 2.41 bits per heavy atom. The molecule has 0 unspecified atom stereocenters. The van der Waals surface area contributed by atoms with Crippen LogP contribution in [0.3, 0.4) is 0 Å². The molecule has 0 saturated heterocycles. The van der Waals surface area contributed by atoms with E-state index in [2.05, 4.69) is 25.5 Å². The molecule has 0 atom stereocenters. The molecule has 144 valence electrons. The minimum absolute atomic E-state index is 0.175. The molecule has 1 aromatic carbocycles. The van der Waals surface area contributed by atoms with Gasteiger partial charge in [-0.15, -0.1) is 0 Å². The van der Waals surface area contributed by atoms with Gasteiger partial charge in [0.15, 0.2) is 5.96 Å². The van der Waals surface area contributed by atoms with Crippen molar-refractivity contribution in [3.8, 4) is 0 Å². The molecule has 8 heteroatoms. The third-order valence-corrected chi connectivity index (χ3v) is 3.73. The number of rotatable bonds is 9. The Morgan fingerprint density at radius 2 is 1.78 bits per heavy atom. The molecule has 1 aromatic heterocycles. The van der Waals surface area contributed by atoms with E-state index in [-0.39, 0.29) is 12.5 Å². The molecule has 0 bridgehead atoms. The zero-order valence-corrected chi connectivity index (χ0v) is 15.4. The molecule has 0 radical (unpaired) electrons. The zero-order chi connectivity index (χ0) is 19.5. The molecule has 2 aromatic rings. The number of benzene rings is 1. The molecule has 8 nitrogen and oxygen atoms in total. The lowest BCUT2D eigenvalue weighted by Crippen LogP contribution is -2.38. The maximum Gasteiger partial charge on any atom is 0.251 e. The van der Waals surface area contributed by atoms with Gasteiger partial charge in [0.05, 0.1) is 13.1 Å². The zero-order valence-electron chi connectivity index (χ0n) is 15.4. The fraction of sp³-hybridized carbons (Fsp3) is 0.316. The SMILES string of the molecule is CCNC(=NCc1ccc(C(=O)NCC(N)=O)cc1)NCCn1cccc1. The van der Waals surface area contributed by atoms with E-state index in [1.54, 1.807) is 12.1 Å². The van der Waals surface area contributed by atoms with E-state index >= 15 is 0 Å². The molecule has 2 amide bonds. The van der Waals surface area contributed by atoms with E-state index in [9.17, 15) is 9.59 Å². The number of carbonyl (C=O) groups is 2. The molecule has 0 spiro atoms. The van der Waals surface area contributed by atoms with Crippen LogP contribution in [0.25, 0.3) is 0 Å². The van der Waals surface area contributed by atoms with Gasteiger partial charge in [-0.2, -0.15) is 0 Å². The van der Waals surface area contributed by atoms with Crippen LogP contribution in [-0.2, 0) is 17.9 Å². The van der Waals surface area contributed by atoms with Gasteiger partial charge >= 0.3 is 0 Å². The minimum Gasteiger partial charge on any atom is -0.368 e. The molecule has 27 heavy (non-hydrogen) atoms. The second-order valence-electron chi connectivity index (χ2n) is 5.89. The third kappa shape index (κ3) is 7.23. The third-order valence-electron chi connectivity index (χ3n) is 3.73. The largest absolute Gasteiger partial charge is 0.368 e. The molecule has 0 aliphatic carbocycles. The van der Waals surface area contributed by atoms with Crippen LogP contribution in [0, 0.1) is 0 Å². The number of aliphatic imine (C=N–C) groups is 1. The first-order valence-corrected chi connectivity index (χ1v) is 8.87. The first-order valence-electron chi connectivity index (χ1n) is 8.87. The summed E-state index contributed by atoms with van der Waals surface area (Å²) < 4.78 is 2.10. The van der Waals surface area contributed by atoms with Crippen LogP contribution in [0.4, 0.5) is 0 Å². The number of amides is 2. The average Bonchev–Trinajstić information content (AvgIpc) is 3.18. The fourth-order valence-electron chi connectivity index (χ4n) is 2.37. The number of nitrogens with one attached hydrogen (secondary N) is 3. The molecular formula is C19H26N6O2. The normalized spacial score (nSPS) is 11.1. The molecule has 0 aliphatic rings. The van der Waals surface area contributed by atoms with E-state index < -0.39 is 5.91 Å². The van der Waals surface area contributed by atoms with Crippen LogP contribution in [0.2, 0.25) is 0 Å². The maximum atomic E-state index is 11.9. The van der Waals surface area contributed by atoms with Crippen LogP contribution in [0.1, 0.15) is 22.8 Å². The van der Waals surface area contributed by atoms with E-state index in [1.165, 1.54) is 0 Å². The predicted molar refractivity (Wildman–Crippen MR) is 105 cm³/mol. The van der Waals surface area contributed by atoms with Gasteiger partial charge in [0.25, 0.3) is 5.91 Å². The molecule has 0 saturated carbocycles. The van der Waals surface area contributed by atoms with Crippen molar-refractivity contribution < 1.29 is 9.59 Å². The molecule has 5 N–H and O–H groups in total. The van der Waals surface area contributed by atoms with Crippen LogP contribution in [0.15, 0.2) is 53.8 Å². The van der Waals surface area contributed by atoms with E-state index in [1.807, 2.05) is 43.6 Å². The Kier molecular flexibility index (Phi) is 7.90. The summed E-state index contributed by atoms with van der Waals surface area (Å²) in [4.78, 5) is 27.1. The Morgan fingerprint density at radius 1 is 1.07 bits per heavy atom. The number of hydrogen-bond donors (Lipinski definition) is 4. The monoisotopic (exact) mass is 370 g/mol. The number of nitrogens with zero attached hydrogens (tertiary/aromatic N) is 2. The highest BCUT2D eigenvalue weighted by molar-refractivity contribution is 5.96. The summed E-state index contributed by atoms with van der Waals surface area (Å²) in [6.45, 7) is 4.72. The Bertz CT molecular complexity index is 753. The van der Waals surface area contributed by atoms with Crippen molar-refractivity contribution in [3.63, 3.8) is 0 Å². The van der Waals surface area contributed by atoms with Crippen molar-refractivity contribution >= 4 is 17.8 Å². The summed E-state index contributed by atoms with van der Waals surface area (Å²) in [5, 5.41) is 8.96. The summed E-state index contributed by atoms with van der Waals surface area (Å²) >= 11 is 0. The second kappa shape index (κ2) is 10.6. The quantitative estimate of drug-likeness (QED) is 0.379. The van der Waals surface area contributed by atoms with Gasteiger partial charge in [0.1, 0.15) is 0 Å².